The third-order valence-corrected chi connectivity index (χ3v) is 5.92. The molecule has 0 spiro atoms. The van der Waals surface area contributed by atoms with Crippen molar-refractivity contribution in [3.63, 3.8) is 0 Å². The summed E-state index contributed by atoms with van der Waals surface area (Å²) in [5, 5.41) is 3.42. The van der Waals surface area contributed by atoms with Crippen molar-refractivity contribution >= 4 is 11.3 Å². The van der Waals surface area contributed by atoms with Crippen molar-refractivity contribution in [2.24, 2.45) is 5.73 Å². The summed E-state index contributed by atoms with van der Waals surface area (Å²) in [6, 6.07) is 21.9. The van der Waals surface area contributed by atoms with Crippen LogP contribution in [0.1, 0.15) is 41.3 Å². The van der Waals surface area contributed by atoms with E-state index in [4.69, 9.17) is 4.98 Å². The summed E-state index contributed by atoms with van der Waals surface area (Å²) in [6.45, 7) is 0. The van der Waals surface area contributed by atoms with Gasteiger partial charge in [0.1, 0.15) is 0 Å². The van der Waals surface area contributed by atoms with Crippen LogP contribution in [-0.2, 0) is 5.41 Å². The van der Waals surface area contributed by atoms with Crippen LogP contribution in [0.25, 0.3) is 0 Å². The molecule has 3 aromatic rings. The molecule has 4 rings (SSSR count). The van der Waals surface area contributed by atoms with Gasteiger partial charge in [0.25, 0.3) is 0 Å². The van der Waals surface area contributed by atoms with Crippen LogP contribution in [0.4, 0.5) is 0 Å². The Hall–Kier alpha value is -1.97. The van der Waals surface area contributed by atoms with Crippen LogP contribution < -0.4 is 5.73 Å². The Morgan fingerprint density at radius 3 is 1.83 bits per heavy atom. The third-order valence-electron chi connectivity index (χ3n) is 4.92. The lowest BCUT2D eigenvalue weighted by Crippen LogP contribution is -2.41. The molecule has 24 heavy (non-hydrogen) atoms. The first-order valence-electron chi connectivity index (χ1n) is 8.48. The van der Waals surface area contributed by atoms with E-state index in [0.717, 1.165) is 0 Å². The van der Waals surface area contributed by atoms with Gasteiger partial charge < -0.3 is 5.73 Å². The molecule has 3 heteroatoms. The average Bonchev–Trinajstić information content (AvgIpc) is 3.16. The molecule has 0 unspecified atom stereocenters. The van der Waals surface area contributed by atoms with E-state index in [0.29, 0.717) is 5.92 Å². The van der Waals surface area contributed by atoms with Gasteiger partial charge in [-0.2, -0.15) is 0 Å². The Balaban J connectivity index is 0.000000815. The molecule has 2 N–H and O–H groups in total. The van der Waals surface area contributed by atoms with Crippen molar-refractivity contribution in [1.82, 2.24) is 4.98 Å². The highest BCUT2D eigenvalue weighted by Gasteiger charge is 2.48. The molecule has 1 heterocycles. The van der Waals surface area contributed by atoms with Gasteiger partial charge in [-0.15, -0.1) is 11.3 Å². The number of hydrogen-bond acceptors (Lipinski definition) is 3. The Kier molecular flexibility index (Phi) is 5.44. The average molecular weight is 337 g/mol. The fourth-order valence-electron chi connectivity index (χ4n) is 3.77. The van der Waals surface area contributed by atoms with E-state index >= 15 is 0 Å². The number of nitrogens with two attached hydrogens (primary N) is 1. The number of benzene rings is 2. The van der Waals surface area contributed by atoms with Crippen LogP contribution in [0.5, 0.6) is 0 Å². The fraction of sp³-hybridized carbons (Fsp3) is 0.286. The molecule has 2 aromatic carbocycles. The smallest absolute Gasteiger partial charge is 0.0996 e. The maximum Gasteiger partial charge on any atom is 0.0996 e. The standard InChI is InChI=1S/C20H19NS.CH5N/c1-3-8-16(9-4-1)18(17-10-5-2-6-11-17)20(12-7-13-20)19-21-14-15-22-19;1-2/h1-6,8-11,14-15,18H,7,12-13H2;2H2,1H3. The summed E-state index contributed by atoms with van der Waals surface area (Å²) in [6.07, 6.45) is 5.72. The maximum atomic E-state index is 4.70. The summed E-state index contributed by atoms with van der Waals surface area (Å²) < 4.78 is 0. The first-order valence-corrected chi connectivity index (χ1v) is 9.36. The largest absolute Gasteiger partial charge is 0.333 e. The van der Waals surface area contributed by atoms with Gasteiger partial charge >= 0.3 is 0 Å². The fourth-order valence-corrected chi connectivity index (χ4v) is 4.70. The first-order chi connectivity index (χ1) is 11.9. The normalized spacial score (nSPS) is 15.3. The molecule has 1 aliphatic rings. The van der Waals surface area contributed by atoms with E-state index in [1.165, 1.54) is 42.4 Å². The van der Waals surface area contributed by atoms with Crippen LogP contribution in [-0.4, -0.2) is 12.0 Å². The van der Waals surface area contributed by atoms with E-state index in [1.54, 1.807) is 0 Å². The molecule has 0 aliphatic heterocycles. The SMILES string of the molecule is CN.c1ccc(C(c2ccccc2)C2(c3nccs3)CCC2)cc1. The van der Waals surface area contributed by atoms with Gasteiger partial charge in [0.2, 0.25) is 0 Å². The molecular formula is C21H24N2S. The van der Waals surface area contributed by atoms with E-state index in [-0.39, 0.29) is 5.41 Å². The Labute approximate surface area is 148 Å². The molecule has 2 nitrogen and oxygen atoms in total. The lowest BCUT2D eigenvalue weighted by Gasteiger charge is -2.47. The summed E-state index contributed by atoms with van der Waals surface area (Å²) in [4.78, 5) is 4.70. The molecule has 0 bridgehead atoms. The maximum absolute atomic E-state index is 4.70. The zero-order chi connectivity index (χ0) is 16.8. The lowest BCUT2D eigenvalue weighted by molar-refractivity contribution is 0.213. The highest BCUT2D eigenvalue weighted by molar-refractivity contribution is 7.09. The minimum absolute atomic E-state index is 0.177. The molecule has 124 valence electrons. The predicted octanol–water partition coefficient (Wildman–Crippen LogP) is 4.97. The van der Waals surface area contributed by atoms with Crippen LogP contribution >= 0.6 is 11.3 Å². The van der Waals surface area contributed by atoms with E-state index < -0.39 is 0 Å². The number of nitrogens with zero attached hydrogens (tertiary/aromatic N) is 1. The van der Waals surface area contributed by atoms with Crippen molar-refractivity contribution in [1.29, 1.82) is 0 Å². The van der Waals surface area contributed by atoms with Crippen molar-refractivity contribution in [2.45, 2.75) is 30.6 Å². The molecular weight excluding hydrogens is 312 g/mol. The third kappa shape index (κ3) is 3.02. The highest BCUT2D eigenvalue weighted by atomic mass is 32.1. The van der Waals surface area contributed by atoms with E-state index in [1.807, 2.05) is 17.5 Å². The van der Waals surface area contributed by atoms with Gasteiger partial charge in [-0.1, -0.05) is 67.1 Å². The molecule has 1 saturated carbocycles. The highest BCUT2D eigenvalue weighted by Crippen LogP contribution is 2.56. The summed E-state index contributed by atoms with van der Waals surface area (Å²) in [5.41, 5.74) is 7.49. The molecule has 1 aromatic heterocycles. The second-order valence-corrected chi connectivity index (χ2v) is 7.00. The summed E-state index contributed by atoms with van der Waals surface area (Å²) in [7, 11) is 1.50. The van der Waals surface area contributed by atoms with Crippen LogP contribution in [0.3, 0.4) is 0 Å². The van der Waals surface area contributed by atoms with Gasteiger partial charge in [0.05, 0.1) is 5.01 Å². The molecule has 1 fully saturated rings. The Morgan fingerprint density at radius 2 is 1.46 bits per heavy atom. The summed E-state index contributed by atoms with van der Waals surface area (Å²) >= 11 is 1.81. The zero-order valence-corrected chi connectivity index (χ0v) is 14.9. The predicted molar refractivity (Wildman–Crippen MR) is 102 cm³/mol. The van der Waals surface area contributed by atoms with Crippen LogP contribution in [0, 0.1) is 0 Å². The van der Waals surface area contributed by atoms with Crippen molar-refractivity contribution in [3.05, 3.63) is 88.4 Å². The zero-order valence-electron chi connectivity index (χ0n) is 14.1. The quantitative estimate of drug-likeness (QED) is 0.730. The van der Waals surface area contributed by atoms with Crippen molar-refractivity contribution < 1.29 is 0 Å². The lowest BCUT2D eigenvalue weighted by atomic mass is 9.58. The van der Waals surface area contributed by atoms with Crippen LogP contribution in [0.2, 0.25) is 0 Å². The Bertz CT molecular complexity index is 680. The molecule has 0 saturated heterocycles. The number of rotatable bonds is 4. The van der Waals surface area contributed by atoms with Crippen LogP contribution in [0.15, 0.2) is 72.2 Å². The second-order valence-electron chi connectivity index (χ2n) is 6.10. The minimum atomic E-state index is 0.177. The monoisotopic (exact) mass is 336 g/mol. The molecule has 1 aliphatic carbocycles. The topological polar surface area (TPSA) is 38.9 Å². The summed E-state index contributed by atoms with van der Waals surface area (Å²) in [5.74, 6) is 0.398. The van der Waals surface area contributed by atoms with E-state index in [2.05, 4.69) is 71.8 Å². The van der Waals surface area contributed by atoms with Gasteiger partial charge in [0.15, 0.2) is 0 Å². The molecule has 0 atom stereocenters. The van der Waals surface area contributed by atoms with Crippen molar-refractivity contribution in [3.8, 4) is 0 Å². The number of aromatic nitrogens is 1. The molecule has 0 radical (unpaired) electrons. The van der Waals surface area contributed by atoms with Gasteiger partial charge in [-0.3, -0.25) is 0 Å². The van der Waals surface area contributed by atoms with Gasteiger partial charge in [0, 0.05) is 22.9 Å². The minimum Gasteiger partial charge on any atom is -0.333 e. The van der Waals surface area contributed by atoms with Gasteiger partial charge in [-0.25, -0.2) is 4.98 Å². The second kappa shape index (κ2) is 7.73. The van der Waals surface area contributed by atoms with E-state index in [9.17, 15) is 0 Å². The number of hydrogen-bond donors (Lipinski definition) is 1. The van der Waals surface area contributed by atoms with Crippen molar-refractivity contribution in [2.75, 3.05) is 7.05 Å². The number of thiazole rings is 1. The molecule has 0 amide bonds. The first kappa shape index (κ1) is 16.9. The Morgan fingerprint density at radius 1 is 0.917 bits per heavy atom. The van der Waals surface area contributed by atoms with Gasteiger partial charge in [-0.05, 0) is 31.0 Å².